The monoisotopic (exact) mass is 131 g/mol. The first-order chi connectivity index (χ1) is 2.56. The second-order valence-electron chi connectivity index (χ2n) is 0.491. The lowest BCUT2D eigenvalue weighted by molar-refractivity contribution is 0.503. The van der Waals surface area contributed by atoms with Crippen LogP contribution in [0.15, 0.2) is 0 Å². The molecule has 0 aliphatic heterocycles. The van der Waals surface area contributed by atoms with Crippen molar-refractivity contribution < 1.29 is 9.79 Å². The average Bonchev–Trinajstić information content (AvgIpc) is 1.35. The Bertz CT molecular complexity index is 75.6. The first-order valence-corrected chi connectivity index (χ1v) is 4.49. The maximum absolute atomic E-state index is 8.08. The highest BCUT2D eigenvalue weighted by Crippen LogP contribution is 2.39. The Morgan fingerprint density at radius 1 is 2.00 bits per heavy atom. The lowest BCUT2D eigenvalue weighted by Crippen LogP contribution is -1.53. The van der Waals surface area contributed by atoms with Gasteiger partial charge in [0.15, 0.2) is 0 Å². The zero-order valence-electron chi connectivity index (χ0n) is 3.16. The Hall–Kier alpha value is 0.920. The van der Waals surface area contributed by atoms with Gasteiger partial charge in [0, 0.05) is 0 Å². The van der Waals surface area contributed by atoms with Gasteiger partial charge >= 0.3 is 0 Å². The molecule has 0 fully saturated rings. The van der Waals surface area contributed by atoms with Crippen LogP contribution in [0.2, 0.25) is 0 Å². The van der Waals surface area contributed by atoms with Gasteiger partial charge in [-0.1, -0.05) is 12.2 Å². The van der Waals surface area contributed by atoms with E-state index in [0.717, 1.165) is 0 Å². The molecule has 0 bridgehead atoms. The van der Waals surface area contributed by atoms with E-state index in [0.29, 0.717) is 0 Å². The number of thiol groups is 1. The van der Waals surface area contributed by atoms with Crippen molar-refractivity contribution in [3.05, 3.63) is 0 Å². The number of hydrogen-bond donors (Lipinski definition) is 3. The van der Waals surface area contributed by atoms with E-state index in [2.05, 4.69) is 11.8 Å². The maximum atomic E-state index is 8.08. The molecule has 0 amide bonds. The SMILES string of the molecule is [2H]SP(O)(O)=S. The van der Waals surface area contributed by atoms with Crippen molar-refractivity contribution in [2.24, 2.45) is 0 Å². The van der Waals surface area contributed by atoms with E-state index in [9.17, 15) is 0 Å². The predicted octanol–water partition coefficient (Wildman–Crippen LogP) is 0.125. The Labute approximate surface area is 41.2 Å². The summed E-state index contributed by atoms with van der Waals surface area (Å²) in [5, 5.41) is 0. The number of hydrogen-bond acceptors (Lipinski definition) is 2. The van der Waals surface area contributed by atoms with Crippen molar-refractivity contribution in [1.29, 1.82) is 1.12 Å². The molecule has 0 spiro atoms. The third-order valence-electron chi connectivity index (χ3n) is 0. The fourth-order valence-electron chi connectivity index (χ4n) is 0. The molecule has 0 atom stereocenters. The van der Waals surface area contributed by atoms with Gasteiger partial charge in [0.25, 0.3) is 0 Å². The van der Waals surface area contributed by atoms with Gasteiger partial charge in [-0.2, -0.15) is 0 Å². The summed E-state index contributed by atoms with van der Waals surface area (Å²) >= 11 is 4.15. The van der Waals surface area contributed by atoms with Crippen molar-refractivity contribution in [2.45, 2.75) is 0 Å². The Balaban J connectivity index is 3.48. The zero-order chi connectivity index (χ0) is 5.21. The molecule has 0 radical (unpaired) electrons. The highest BCUT2D eigenvalue weighted by atomic mass is 32.9. The van der Waals surface area contributed by atoms with Crippen molar-refractivity contribution in [3.8, 4) is 0 Å². The summed E-state index contributed by atoms with van der Waals surface area (Å²) in [6, 6.07) is 0. The molecule has 5 heteroatoms. The molecule has 0 aliphatic carbocycles. The standard InChI is InChI=1S/H3O2PS2/c1-3(2,4)5/h(H3,1,2,4,5)/i/hD. The fourth-order valence-corrected chi connectivity index (χ4v) is 0. The van der Waals surface area contributed by atoms with Crippen LogP contribution in [0.1, 0.15) is 0 Å². The minimum absolute atomic E-state index is 0.169. The Morgan fingerprint density at radius 2 is 2.20 bits per heavy atom. The van der Waals surface area contributed by atoms with Gasteiger partial charge in [0.1, 0.15) is 1.12 Å². The predicted molar refractivity (Wildman–Crippen MR) is 27.7 cm³/mol. The lowest BCUT2D eigenvalue weighted by atomic mass is 15.9. The van der Waals surface area contributed by atoms with Crippen LogP contribution in [-0.4, -0.2) is 10.9 Å². The molecule has 2 nitrogen and oxygen atoms in total. The van der Waals surface area contributed by atoms with E-state index in [4.69, 9.17) is 10.9 Å². The van der Waals surface area contributed by atoms with E-state index in [-0.39, 0.29) is 12.2 Å². The molecular weight excluding hydrogens is 127 g/mol. The summed E-state index contributed by atoms with van der Waals surface area (Å²) in [6.45, 7) is 0. The molecule has 0 heterocycles. The molecular formula is H3O2PS2. The number of rotatable bonds is 1. The summed E-state index contributed by atoms with van der Waals surface area (Å²) in [7, 11) is 0. The van der Waals surface area contributed by atoms with E-state index in [1.54, 1.807) is 0 Å². The van der Waals surface area contributed by atoms with E-state index in [1.165, 1.54) is 0 Å². The lowest BCUT2D eigenvalue weighted by Gasteiger charge is -1.88. The second-order valence-corrected chi connectivity index (χ2v) is 5.22. The Kier molecular flexibility index (Phi) is 1.29. The molecule has 2 N–H and O–H groups in total. The molecule has 0 aromatic rings. The van der Waals surface area contributed by atoms with Gasteiger partial charge in [-0.25, -0.2) is 0 Å². The average molecular weight is 131 g/mol. The molecule has 0 aromatic heterocycles. The molecule has 0 saturated carbocycles. The molecule has 5 heavy (non-hydrogen) atoms. The Morgan fingerprint density at radius 3 is 2.20 bits per heavy atom. The zero-order valence-corrected chi connectivity index (χ0v) is 4.69. The van der Waals surface area contributed by atoms with Crippen molar-refractivity contribution >= 4 is 29.7 Å². The summed E-state index contributed by atoms with van der Waals surface area (Å²) in [5.41, 5.74) is -3.23. The van der Waals surface area contributed by atoms with Gasteiger partial charge in [-0.3, -0.25) is 0 Å². The minimum atomic E-state index is -3.23. The van der Waals surface area contributed by atoms with Crippen LogP contribution in [0.4, 0.5) is 0 Å². The van der Waals surface area contributed by atoms with Crippen molar-refractivity contribution in [2.75, 3.05) is 0 Å². The molecule has 32 valence electrons. The maximum Gasteiger partial charge on any atom is 0.239 e. The van der Waals surface area contributed by atoms with Crippen LogP contribution < -0.4 is 0 Å². The van der Waals surface area contributed by atoms with Crippen molar-refractivity contribution in [3.63, 3.8) is 0 Å². The van der Waals surface area contributed by atoms with Crippen LogP contribution in [0.5, 0.6) is 0 Å². The first kappa shape index (κ1) is 4.09. The third-order valence-corrected chi connectivity index (χ3v) is 0. The second kappa shape index (κ2) is 1.58. The van der Waals surface area contributed by atoms with Crippen LogP contribution in [-0.2, 0) is 11.8 Å². The van der Waals surface area contributed by atoms with Crippen LogP contribution in [0.25, 0.3) is 0 Å². The fraction of sp³-hybridized carbons (Fsp3) is 0. The van der Waals surface area contributed by atoms with E-state index >= 15 is 0 Å². The minimum Gasteiger partial charge on any atom is -0.338 e. The molecule has 0 saturated heterocycles. The summed E-state index contributed by atoms with van der Waals surface area (Å²) in [5.74, 6) is 0. The molecule has 0 aromatic carbocycles. The van der Waals surface area contributed by atoms with Gasteiger partial charge in [0.05, 0.1) is 0 Å². The summed E-state index contributed by atoms with van der Waals surface area (Å²) in [6.07, 6.45) is 0. The van der Waals surface area contributed by atoms with Gasteiger partial charge in [0.2, 0.25) is 5.69 Å². The van der Waals surface area contributed by atoms with Gasteiger partial charge in [-0.15, -0.1) is 0 Å². The quantitative estimate of drug-likeness (QED) is 0.350. The van der Waals surface area contributed by atoms with E-state index < -0.39 is 5.69 Å². The molecule has 0 unspecified atom stereocenters. The highest BCUT2D eigenvalue weighted by Gasteiger charge is 1.90. The molecule has 0 aliphatic rings. The van der Waals surface area contributed by atoms with Crippen LogP contribution in [0, 0.1) is 0 Å². The van der Waals surface area contributed by atoms with Crippen LogP contribution in [0.3, 0.4) is 0 Å². The highest BCUT2D eigenvalue weighted by molar-refractivity contribution is 8.59. The molecule has 0 rings (SSSR count). The third kappa shape index (κ3) is 49.6. The first-order valence-electron chi connectivity index (χ1n) is 1.17. The smallest absolute Gasteiger partial charge is 0.239 e. The largest absolute Gasteiger partial charge is 0.338 e. The topological polar surface area (TPSA) is 40.5 Å². The van der Waals surface area contributed by atoms with Gasteiger partial charge in [-0.05, 0) is 11.8 Å². The van der Waals surface area contributed by atoms with Gasteiger partial charge < -0.3 is 9.79 Å². The normalized spacial score (nSPS) is 14.4. The van der Waals surface area contributed by atoms with E-state index in [1.807, 2.05) is 0 Å². The van der Waals surface area contributed by atoms with Crippen LogP contribution >= 0.6 is 17.8 Å². The summed E-state index contributed by atoms with van der Waals surface area (Å²) < 4.78 is 6.22. The van der Waals surface area contributed by atoms with Crippen molar-refractivity contribution in [1.82, 2.24) is 0 Å². The summed E-state index contributed by atoms with van der Waals surface area (Å²) in [4.78, 5) is 16.2.